The number of hydrogen-bond donors (Lipinski definition) is 2. The zero-order valence-electron chi connectivity index (χ0n) is 5.15. The lowest BCUT2D eigenvalue weighted by atomic mass is 10.4. The fourth-order valence-electron chi connectivity index (χ4n) is 0.158. The maximum absolute atomic E-state index is 8.07. The van der Waals surface area contributed by atoms with Gasteiger partial charge in [0.2, 0.25) is 0 Å². The minimum absolute atomic E-state index is 0.344. The van der Waals surface area contributed by atoms with Gasteiger partial charge in [0.05, 0.1) is 0 Å². The van der Waals surface area contributed by atoms with Crippen LogP contribution in [-0.4, -0.2) is 18.8 Å². The third-order valence-corrected chi connectivity index (χ3v) is 0.512. The van der Waals surface area contributed by atoms with Gasteiger partial charge in [-0.1, -0.05) is 13.3 Å². The third-order valence-electron chi connectivity index (χ3n) is 0.512. The van der Waals surface area contributed by atoms with Crippen LogP contribution in [0.15, 0.2) is 0 Å². The molecule has 2 nitrogen and oxygen atoms in total. The van der Waals surface area contributed by atoms with Crippen molar-refractivity contribution in [3.63, 3.8) is 0 Å². The molecule has 0 saturated carbocycles. The Bertz CT molecular complexity index is 15.6. The van der Waals surface area contributed by atoms with Crippen molar-refractivity contribution >= 4 is 0 Å². The van der Waals surface area contributed by atoms with Crippen molar-refractivity contribution in [1.29, 1.82) is 0 Å². The Hall–Kier alpha value is -0.0800. The van der Waals surface area contributed by atoms with Crippen LogP contribution in [0.4, 0.5) is 0 Å². The summed E-state index contributed by atoms with van der Waals surface area (Å²) >= 11 is 0. The first-order valence-electron chi connectivity index (χ1n) is 2.60. The average Bonchev–Trinajstić information content (AvgIpc) is 1.75. The molecule has 0 atom stereocenters. The lowest BCUT2D eigenvalue weighted by Gasteiger charge is -1.79. The van der Waals surface area contributed by atoms with E-state index in [9.17, 15) is 0 Å². The Labute approximate surface area is 45.3 Å². The molecule has 0 aliphatic carbocycles. The van der Waals surface area contributed by atoms with Gasteiger partial charge < -0.3 is 10.8 Å². The predicted molar refractivity (Wildman–Crippen MR) is 32.1 cm³/mol. The molecule has 0 aliphatic heterocycles. The van der Waals surface area contributed by atoms with Crippen molar-refractivity contribution < 1.29 is 5.11 Å². The van der Waals surface area contributed by atoms with E-state index in [1.807, 2.05) is 0 Å². The van der Waals surface area contributed by atoms with Gasteiger partial charge in [0.1, 0.15) is 0 Å². The third kappa shape index (κ3) is 24.7. The molecule has 0 unspecified atom stereocenters. The van der Waals surface area contributed by atoms with E-state index >= 15 is 0 Å². The Morgan fingerprint density at radius 3 is 1.86 bits per heavy atom. The lowest BCUT2D eigenvalue weighted by molar-refractivity contribution is 0.287. The molecule has 0 saturated heterocycles. The summed E-state index contributed by atoms with van der Waals surface area (Å²) in [7, 11) is 1.50. The van der Waals surface area contributed by atoms with Gasteiger partial charge in [-0.2, -0.15) is 0 Å². The number of aliphatic hydroxyl groups excluding tert-OH is 1. The molecule has 0 heterocycles. The Balaban J connectivity index is 0. The van der Waals surface area contributed by atoms with Crippen LogP contribution < -0.4 is 5.73 Å². The van der Waals surface area contributed by atoms with Crippen molar-refractivity contribution in [2.24, 2.45) is 5.73 Å². The summed E-state index contributed by atoms with van der Waals surface area (Å²) in [5, 5.41) is 8.07. The highest BCUT2D eigenvalue weighted by molar-refractivity contribution is 4.23. The zero-order chi connectivity index (χ0) is 6.12. The van der Waals surface area contributed by atoms with E-state index < -0.39 is 0 Å². The van der Waals surface area contributed by atoms with Crippen molar-refractivity contribution in [1.82, 2.24) is 0 Å². The molecule has 0 rings (SSSR count). The zero-order valence-corrected chi connectivity index (χ0v) is 5.15. The fraction of sp³-hybridized carbons (Fsp3) is 1.00. The van der Waals surface area contributed by atoms with E-state index in [1.54, 1.807) is 0 Å². The summed E-state index contributed by atoms with van der Waals surface area (Å²) in [5.41, 5.74) is 4.50. The van der Waals surface area contributed by atoms with Crippen molar-refractivity contribution in [2.45, 2.75) is 19.8 Å². The molecule has 0 fully saturated rings. The lowest BCUT2D eigenvalue weighted by Crippen LogP contribution is -1.75. The average molecular weight is 105 g/mol. The second-order valence-electron chi connectivity index (χ2n) is 1.08. The van der Waals surface area contributed by atoms with Crippen molar-refractivity contribution in [3.8, 4) is 0 Å². The summed E-state index contributed by atoms with van der Waals surface area (Å²) in [6.07, 6.45) is 2.04. The van der Waals surface area contributed by atoms with Gasteiger partial charge in [-0.05, 0) is 13.5 Å². The summed E-state index contributed by atoms with van der Waals surface area (Å²) in [6.45, 7) is 2.40. The van der Waals surface area contributed by atoms with Gasteiger partial charge >= 0.3 is 0 Å². The highest BCUT2D eigenvalue weighted by Crippen LogP contribution is 1.78. The van der Waals surface area contributed by atoms with Crippen molar-refractivity contribution in [3.05, 3.63) is 0 Å². The molecule has 0 aromatic carbocycles. The minimum atomic E-state index is 0.344. The molecule has 0 aromatic rings. The van der Waals surface area contributed by atoms with Crippen LogP contribution in [0.3, 0.4) is 0 Å². The summed E-state index contributed by atoms with van der Waals surface area (Å²) < 4.78 is 0. The van der Waals surface area contributed by atoms with E-state index in [4.69, 9.17) is 5.11 Å². The van der Waals surface area contributed by atoms with E-state index in [-0.39, 0.29) is 0 Å². The Morgan fingerprint density at radius 1 is 1.43 bits per heavy atom. The van der Waals surface area contributed by atoms with Gasteiger partial charge in [-0.15, -0.1) is 0 Å². The van der Waals surface area contributed by atoms with Crippen LogP contribution in [0.1, 0.15) is 19.8 Å². The molecule has 0 amide bonds. The smallest absolute Gasteiger partial charge is 0.0430 e. The molecule has 46 valence electrons. The maximum Gasteiger partial charge on any atom is 0.0430 e. The van der Waals surface area contributed by atoms with Crippen LogP contribution >= 0.6 is 0 Å². The molecule has 0 aliphatic rings. The van der Waals surface area contributed by atoms with Crippen LogP contribution in [0, 0.1) is 0 Å². The van der Waals surface area contributed by atoms with Gasteiger partial charge in [0, 0.05) is 6.61 Å². The number of nitrogens with two attached hydrogens (primary N) is 1. The van der Waals surface area contributed by atoms with E-state index in [0.717, 1.165) is 12.8 Å². The summed E-state index contributed by atoms with van der Waals surface area (Å²) in [6, 6.07) is 0. The first-order valence-corrected chi connectivity index (χ1v) is 2.60. The van der Waals surface area contributed by atoms with Gasteiger partial charge in [0.15, 0.2) is 0 Å². The highest BCUT2D eigenvalue weighted by Gasteiger charge is 1.69. The second kappa shape index (κ2) is 16.8. The van der Waals surface area contributed by atoms with Crippen molar-refractivity contribution in [2.75, 3.05) is 13.7 Å². The first-order chi connectivity index (χ1) is 3.41. The largest absolute Gasteiger partial charge is 0.396 e. The molecule has 0 bridgehead atoms. The molecular weight excluding hydrogens is 90.1 g/mol. The number of aliphatic hydroxyl groups is 1. The predicted octanol–water partition coefficient (Wildman–Crippen LogP) is 0.354. The van der Waals surface area contributed by atoms with E-state index in [1.165, 1.54) is 7.05 Å². The molecule has 3 N–H and O–H groups in total. The molecule has 7 heavy (non-hydrogen) atoms. The van der Waals surface area contributed by atoms with Gasteiger partial charge in [-0.3, -0.25) is 0 Å². The maximum atomic E-state index is 8.07. The van der Waals surface area contributed by atoms with Crippen LogP contribution in [0.5, 0.6) is 0 Å². The second-order valence-corrected chi connectivity index (χ2v) is 1.08. The minimum Gasteiger partial charge on any atom is -0.396 e. The Kier molecular flexibility index (Phi) is 24.1. The van der Waals surface area contributed by atoms with Crippen LogP contribution in [-0.2, 0) is 0 Å². The standard InChI is InChI=1S/C4H10O.CH5N/c1-2-3-4-5;1-2/h5H,2-4H2,1H3;2H2,1H3. The molecule has 0 aromatic heterocycles. The van der Waals surface area contributed by atoms with E-state index in [2.05, 4.69) is 12.7 Å². The summed E-state index contributed by atoms with van der Waals surface area (Å²) in [5.74, 6) is 0. The topological polar surface area (TPSA) is 46.2 Å². The monoisotopic (exact) mass is 105 g/mol. The number of hydrogen-bond acceptors (Lipinski definition) is 2. The summed E-state index contributed by atoms with van der Waals surface area (Å²) in [4.78, 5) is 0. The quantitative estimate of drug-likeness (QED) is 0.532. The highest BCUT2D eigenvalue weighted by atomic mass is 16.2. The van der Waals surface area contributed by atoms with Crippen LogP contribution in [0.25, 0.3) is 0 Å². The molecular formula is C5H15NO. The number of unbranched alkanes of at least 4 members (excludes halogenated alkanes) is 1. The SMILES string of the molecule is CCCCO.CN. The molecule has 0 spiro atoms. The van der Waals surface area contributed by atoms with Crippen LogP contribution in [0.2, 0.25) is 0 Å². The Morgan fingerprint density at radius 2 is 1.86 bits per heavy atom. The number of rotatable bonds is 2. The van der Waals surface area contributed by atoms with E-state index in [0.29, 0.717) is 6.61 Å². The molecule has 0 radical (unpaired) electrons. The van der Waals surface area contributed by atoms with Gasteiger partial charge in [-0.25, -0.2) is 0 Å². The fourth-order valence-corrected chi connectivity index (χ4v) is 0.158. The van der Waals surface area contributed by atoms with Gasteiger partial charge in [0.25, 0.3) is 0 Å². The normalized spacial score (nSPS) is 6.86. The molecule has 2 heteroatoms. The first kappa shape index (κ1) is 10.0.